The van der Waals surface area contributed by atoms with Crippen LogP contribution in [0.15, 0.2) is 0 Å². The maximum absolute atomic E-state index is 5.16. The summed E-state index contributed by atoms with van der Waals surface area (Å²) in [6, 6.07) is 0.673. The van der Waals surface area contributed by atoms with Crippen LogP contribution in [0.3, 0.4) is 0 Å². The Morgan fingerprint density at radius 1 is 1.47 bits per heavy atom. The summed E-state index contributed by atoms with van der Waals surface area (Å²) in [7, 11) is 1.79. The smallest absolute Gasteiger partial charge is 0.0474 e. The second-order valence-corrected chi connectivity index (χ2v) is 5.92. The van der Waals surface area contributed by atoms with Crippen LogP contribution in [0, 0.1) is 5.92 Å². The van der Waals surface area contributed by atoms with E-state index in [9.17, 15) is 0 Å². The molecule has 0 aliphatic carbocycles. The maximum atomic E-state index is 5.16. The molecule has 1 heterocycles. The van der Waals surface area contributed by atoms with Gasteiger partial charge in [0, 0.05) is 44.9 Å². The largest absolute Gasteiger partial charge is 0.385 e. The van der Waals surface area contributed by atoms with E-state index < -0.39 is 0 Å². The number of piperazine rings is 1. The van der Waals surface area contributed by atoms with Crippen molar-refractivity contribution in [2.75, 3.05) is 33.4 Å². The Kier molecular flexibility index (Phi) is 5.90. The van der Waals surface area contributed by atoms with Gasteiger partial charge >= 0.3 is 0 Å². The highest BCUT2D eigenvalue weighted by Gasteiger charge is 2.35. The third-order valence-corrected chi connectivity index (χ3v) is 4.10. The van der Waals surface area contributed by atoms with Gasteiger partial charge in [0.2, 0.25) is 0 Å². The van der Waals surface area contributed by atoms with Crippen molar-refractivity contribution in [1.82, 2.24) is 10.2 Å². The number of hydrogen-bond donors (Lipinski definition) is 1. The number of ether oxygens (including phenoxy) is 1. The lowest BCUT2D eigenvalue weighted by molar-refractivity contribution is 0.0523. The number of nitrogens with one attached hydrogen (secondary N) is 1. The topological polar surface area (TPSA) is 24.5 Å². The zero-order valence-electron chi connectivity index (χ0n) is 12.3. The predicted octanol–water partition coefficient (Wildman–Crippen LogP) is 2.12. The van der Waals surface area contributed by atoms with Gasteiger partial charge in [-0.25, -0.2) is 0 Å². The number of hydrogen-bond acceptors (Lipinski definition) is 3. The Morgan fingerprint density at radius 3 is 2.71 bits per heavy atom. The minimum Gasteiger partial charge on any atom is -0.385 e. The summed E-state index contributed by atoms with van der Waals surface area (Å²) in [5.41, 5.74) is 0.290. The fourth-order valence-electron chi connectivity index (χ4n) is 2.65. The van der Waals surface area contributed by atoms with Gasteiger partial charge in [0.25, 0.3) is 0 Å². The van der Waals surface area contributed by atoms with Crippen molar-refractivity contribution in [1.29, 1.82) is 0 Å². The molecule has 2 unspecified atom stereocenters. The van der Waals surface area contributed by atoms with Gasteiger partial charge in [-0.2, -0.15) is 0 Å². The zero-order chi connectivity index (χ0) is 12.9. The normalized spacial score (nSPS) is 31.1. The van der Waals surface area contributed by atoms with Crippen molar-refractivity contribution >= 4 is 0 Å². The summed E-state index contributed by atoms with van der Waals surface area (Å²) in [6.45, 7) is 13.6. The number of nitrogens with zero attached hydrogens (tertiary/aromatic N) is 1. The van der Waals surface area contributed by atoms with E-state index in [-0.39, 0.29) is 0 Å². The zero-order valence-corrected chi connectivity index (χ0v) is 12.3. The Bertz CT molecular complexity index is 220. The lowest BCUT2D eigenvalue weighted by atomic mass is 9.90. The average Bonchev–Trinajstić information content (AvgIpc) is 2.29. The molecule has 3 nitrogen and oxygen atoms in total. The highest BCUT2D eigenvalue weighted by molar-refractivity contribution is 4.95. The quantitative estimate of drug-likeness (QED) is 0.722. The molecular weight excluding hydrogens is 212 g/mol. The van der Waals surface area contributed by atoms with Crippen molar-refractivity contribution in [2.45, 2.75) is 52.1 Å². The summed E-state index contributed by atoms with van der Waals surface area (Å²) in [4.78, 5) is 2.66. The molecule has 0 saturated carbocycles. The van der Waals surface area contributed by atoms with Crippen LogP contribution in [0.25, 0.3) is 0 Å². The van der Waals surface area contributed by atoms with Gasteiger partial charge in [0.15, 0.2) is 0 Å². The summed E-state index contributed by atoms with van der Waals surface area (Å²) < 4.78 is 5.16. The number of methoxy groups -OCH3 is 1. The van der Waals surface area contributed by atoms with Gasteiger partial charge in [-0.3, -0.25) is 4.90 Å². The lowest BCUT2D eigenvalue weighted by Crippen LogP contribution is -2.64. The van der Waals surface area contributed by atoms with Gasteiger partial charge in [-0.1, -0.05) is 20.8 Å². The van der Waals surface area contributed by atoms with Crippen LogP contribution in [0.4, 0.5) is 0 Å². The molecule has 17 heavy (non-hydrogen) atoms. The van der Waals surface area contributed by atoms with E-state index in [1.54, 1.807) is 7.11 Å². The van der Waals surface area contributed by atoms with Crippen LogP contribution in [-0.2, 0) is 4.74 Å². The van der Waals surface area contributed by atoms with Crippen LogP contribution in [-0.4, -0.2) is 49.8 Å². The van der Waals surface area contributed by atoms with Crippen LogP contribution in [0.5, 0.6) is 0 Å². The third-order valence-electron chi connectivity index (χ3n) is 4.10. The molecule has 0 aromatic heterocycles. The van der Waals surface area contributed by atoms with Gasteiger partial charge in [0.1, 0.15) is 0 Å². The molecule has 1 fully saturated rings. The Hall–Kier alpha value is -0.120. The average molecular weight is 242 g/mol. The molecule has 1 N–H and O–H groups in total. The molecular formula is C14H30N2O. The van der Waals surface area contributed by atoms with Crippen molar-refractivity contribution in [3.8, 4) is 0 Å². The molecule has 1 aliphatic heterocycles. The monoisotopic (exact) mass is 242 g/mol. The molecule has 0 spiro atoms. The molecule has 2 atom stereocenters. The van der Waals surface area contributed by atoms with Gasteiger partial charge in [-0.05, 0) is 25.7 Å². The summed E-state index contributed by atoms with van der Waals surface area (Å²) >= 11 is 0. The van der Waals surface area contributed by atoms with Crippen LogP contribution >= 0.6 is 0 Å². The summed E-state index contributed by atoms with van der Waals surface area (Å²) in [5.74, 6) is 0.714. The second kappa shape index (κ2) is 6.72. The Balaban J connectivity index is 2.56. The first kappa shape index (κ1) is 14.9. The molecule has 1 saturated heterocycles. The molecule has 1 aliphatic rings. The first-order valence-corrected chi connectivity index (χ1v) is 7.00. The highest BCUT2D eigenvalue weighted by Crippen LogP contribution is 2.22. The van der Waals surface area contributed by atoms with Crippen LogP contribution < -0.4 is 5.32 Å². The maximum Gasteiger partial charge on any atom is 0.0474 e. The third kappa shape index (κ3) is 4.23. The highest BCUT2D eigenvalue weighted by atomic mass is 16.5. The second-order valence-electron chi connectivity index (χ2n) is 5.92. The molecule has 1 rings (SSSR count). The first-order valence-electron chi connectivity index (χ1n) is 7.00. The van der Waals surface area contributed by atoms with Gasteiger partial charge in [-0.15, -0.1) is 0 Å². The van der Waals surface area contributed by atoms with Gasteiger partial charge in [0.05, 0.1) is 0 Å². The molecule has 0 bridgehead atoms. The van der Waals surface area contributed by atoms with E-state index in [1.165, 1.54) is 6.42 Å². The van der Waals surface area contributed by atoms with Crippen molar-refractivity contribution in [3.63, 3.8) is 0 Å². The molecule has 0 amide bonds. The van der Waals surface area contributed by atoms with E-state index in [4.69, 9.17) is 4.74 Å². The van der Waals surface area contributed by atoms with E-state index >= 15 is 0 Å². The Labute approximate surface area is 107 Å². The summed E-state index contributed by atoms with van der Waals surface area (Å²) in [6.07, 6.45) is 2.33. The minimum atomic E-state index is 0.290. The molecule has 102 valence electrons. The SMILES string of the molecule is CCC1(C)CN(CCCOC)C(C(C)C)CN1. The van der Waals surface area contributed by atoms with Crippen LogP contribution in [0.2, 0.25) is 0 Å². The molecule has 3 heteroatoms. The van der Waals surface area contributed by atoms with E-state index in [2.05, 4.69) is 37.9 Å². The lowest BCUT2D eigenvalue weighted by Gasteiger charge is -2.47. The van der Waals surface area contributed by atoms with E-state index in [0.29, 0.717) is 17.5 Å². The summed E-state index contributed by atoms with van der Waals surface area (Å²) in [5, 5.41) is 3.72. The number of rotatable bonds is 6. The van der Waals surface area contributed by atoms with Crippen molar-refractivity contribution in [3.05, 3.63) is 0 Å². The van der Waals surface area contributed by atoms with E-state index in [0.717, 1.165) is 32.7 Å². The van der Waals surface area contributed by atoms with Crippen LogP contribution in [0.1, 0.15) is 40.5 Å². The molecule has 0 radical (unpaired) electrons. The standard InChI is InChI=1S/C14H30N2O/c1-6-14(4)11-16(8-7-9-17-5)13(10-15-14)12(2)3/h12-13,15H,6-11H2,1-5H3. The molecule has 0 aromatic rings. The Morgan fingerprint density at radius 2 is 2.18 bits per heavy atom. The van der Waals surface area contributed by atoms with Crippen molar-refractivity contribution < 1.29 is 4.74 Å². The predicted molar refractivity (Wildman–Crippen MR) is 73.4 cm³/mol. The van der Waals surface area contributed by atoms with Gasteiger partial charge < -0.3 is 10.1 Å². The fourth-order valence-corrected chi connectivity index (χ4v) is 2.65. The van der Waals surface area contributed by atoms with Crippen molar-refractivity contribution in [2.24, 2.45) is 5.92 Å². The molecule has 0 aromatic carbocycles. The first-order chi connectivity index (χ1) is 8.02. The van der Waals surface area contributed by atoms with E-state index in [1.807, 2.05) is 0 Å². The fraction of sp³-hybridized carbons (Fsp3) is 1.00. The minimum absolute atomic E-state index is 0.290.